The molecule has 0 radical (unpaired) electrons. The van der Waals surface area contributed by atoms with Gasteiger partial charge in [0.25, 0.3) is 5.91 Å². The fourth-order valence-corrected chi connectivity index (χ4v) is 3.45. The lowest BCUT2D eigenvalue weighted by atomic mass is 10.2. The van der Waals surface area contributed by atoms with Crippen LogP contribution in [0.5, 0.6) is 17.2 Å². The van der Waals surface area contributed by atoms with E-state index in [2.05, 4.69) is 42.4 Å². The summed E-state index contributed by atoms with van der Waals surface area (Å²) in [7, 11) is 1.55. The summed E-state index contributed by atoms with van der Waals surface area (Å²) in [5, 5.41) is 4.07. The summed E-state index contributed by atoms with van der Waals surface area (Å²) in [5.41, 5.74) is 4.74. The van der Waals surface area contributed by atoms with Crippen LogP contribution in [0.15, 0.2) is 74.7 Å². The van der Waals surface area contributed by atoms with Gasteiger partial charge < -0.3 is 14.2 Å². The van der Waals surface area contributed by atoms with Gasteiger partial charge in [0.15, 0.2) is 11.5 Å². The minimum absolute atomic E-state index is 0.337. The fraction of sp³-hybridized carbons (Fsp3) is 0.167. The van der Waals surface area contributed by atoms with Crippen LogP contribution in [0.4, 0.5) is 0 Å². The van der Waals surface area contributed by atoms with Crippen LogP contribution in [0.2, 0.25) is 0 Å². The summed E-state index contributed by atoms with van der Waals surface area (Å²) >= 11 is 6.97. The summed E-state index contributed by atoms with van der Waals surface area (Å²) in [6.45, 7) is 2.80. The second-order valence-corrected chi connectivity index (χ2v) is 8.37. The maximum absolute atomic E-state index is 12.3. The summed E-state index contributed by atoms with van der Waals surface area (Å²) in [5.74, 6) is 1.47. The van der Waals surface area contributed by atoms with Crippen molar-refractivity contribution in [2.24, 2.45) is 5.10 Å². The molecule has 8 heteroatoms. The molecule has 0 unspecified atom stereocenters. The molecular formula is C24H22Br2N2O4. The highest BCUT2D eigenvalue weighted by molar-refractivity contribution is 9.10. The van der Waals surface area contributed by atoms with E-state index in [0.717, 1.165) is 20.1 Å². The van der Waals surface area contributed by atoms with Crippen molar-refractivity contribution in [1.29, 1.82) is 0 Å². The van der Waals surface area contributed by atoms with Gasteiger partial charge in [0.2, 0.25) is 0 Å². The smallest absolute Gasteiger partial charge is 0.271 e. The summed E-state index contributed by atoms with van der Waals surface area (Å²) < 4.78 is 18.6. The number of carbonyl (C=O) groups is 1. The molecule has 1 N–H and O–H groups in total. The highest BCUT2D eigenvalue weighted by atomic mass is 79.9. The Kier molecular flexibility index (Phi) is 8.70. The molecular weight excluding hydrogens is 540 g/mol. The highest BCUT2D eigenvalue weighted by Crippen LogP contribution is 2.34. The molecule has 0 heterocycles. The maximum Gasteiger partial charge on any atom is 0.271 e. The Bertz CT molecular complexity index is 1100. The van der Waals surface area contributed by atoms with E-state index in [1.807, 2.05) is 43.3 Å². The number of amides is 1. The quantitative estimate of drug-likeness (QED) is 0.258. The SMILES string of the molecule is CCOc1cc(/C=N\NC(=O)c2cccc(OC)c2)c(Br)cc1OCc1ccc(Br)cc1. The Hall–Kier alpha value is -2.84. The molecule has 0 bridgehead atoms. The molecule has 0 aromatic heterocycles. The molecule has 0 spiro atoms. The Morgan fingerprint density at radius 2 is 1.78 bits per heavy atom. The van der Waals surface area contributed by atoms with E-state index in [0.29, 0.717) is 36.0 Å². The fourth-order valence-electron chi connectivity index (χ4n) is 2.76. The third-order valence-corrected chi connectivity index (χ3v) is 5.59. The van der Waals surface area contributed by atoms with Crippen molar-refractivity contribution in [3.63, 3.8) is 0 Å². The van der Waals surface area contributed by atoms with Crippen molar-refractivity contribution in [2.45, 2.75) is 13.5 Å². The molecule has 0 fully saturated rings. The van der Waals surface area contributed by atoms with Gasteiger partial charge in [0.05, 0.1) is 19.9 Å². The first-order chi connectivity index (χ1) is 15.5. The first-order valence-electron chi connectivity index (χ1n) is 9.81. The number of rotatable bonds is 9. The molecule has 3 rings (SSSR count). The van der Waals surface area contributed by atoms with Gasteiger partial charge in [0, 0.05) is 20.1 Å². The van der Waals surface area contributed by atoms with Crippen LogP contribution in [0.3, 0.4) is 0 Å². The topological polar surface area (TPSA) is 69.2 Å². The van der Waals surface area contributed by atoms with Gasteiger partial charge in [0.1, 0.15) is 12.4 Å². The Balaban J connectivity index is 1.71. The van der Waals surface area contributed by atoms with Crippen LogP contribution < -0.4 is 19.6 Å². The zero-order chi connectivity index (χ0) is 22.9. The van der Waals surface area contributed by atoms with Crippen LogP contribution in [0.25, 0.3) is 0 Å². The van der Waals surface area contributed by atoms with Crippen molar-refractivity contribution >= 4 is 44.0 Å². The van der Waals surface area contributed by atoms with Crippen molar-refractivity contribution in [1.82, 2.24) is 5.43 Å². The third kappa shape index (κ3) is 6.58. The second kappa shape index (κ2) is 11.7. The molecule has 3 aromatic rings. The first-order valence-corrected chi connectivity index (χ1v) is 11.4. The van der Waals surface area contributed by atoms with Crippen LogP contribution in [-0.4, -0.2) is 25.8 Å². The van der Waals surface area contributed by atoms with Gasteiger partial charge in [-0.1, -0.05) is 34.1 Å². The lowest BCUT2D eigenvalue weighted by Crippen LogP contribution is -2.17. The predicted octanol–water partition coefficient (Wildman–Crippen LogP) is 5.96. The Labute approximate surface area is 203 Å². The number of ether oxygens (including phenoxy) is 3. The zero-order valence-corrected chi connectivity index (χ0v) is 20.8. The Morgan fingerprint density at radius 3 is 2.50 bits per heavy atom. The minimum atomic E-state index is -0.337. The van der Waals surface area contributed by atoms with E-state index in [1.165, 1.54) is 0 Å². The third-order valence-electron chi connectivity index (χ3n) is 4.37. The van der Waals surface area contributed by atoms with Gasteiger partial charge in [-0.25, -0.2) is 5.43 Å². The number of nitrogens with zero attached hydrogens (tertiary/aromatic N) is 1. The second-order valence-electron chi connectivity index (χ2n) is 6.60. The van der Waals surface area contributed by atoms with Gasteiger partial charge in [-0.2, -0.15) is 5.10 Å². The largest absolute Gasteiger partial charge is 0.497 e. The van der Waals surface area contributed by atoms with Crippen LogP contribution in [0, 0.1) is 0 Å². The van der Waals surface area contributed by atoms with Crippen molar-refractivity contribution in [2.75, 3.05) is 13.7 Å². The molecule has 0 atom stereocenters. The summed E-state index contributed by atoms with van der Waals surface area (Å²) in [6, 6.07) is 18.4. The molecule has 0 saturated carbocycles. The van der Waals surface area contributed by atoms with E-state index < -0.39 is 0 Å². The number of hydrogen-bond acceptors (Lipinski definition) is 5. The van der Waals surface area contributed by atoms with E-state index >= 15 is 0 Å². The van der Waals surface area contributed by atoms with Gasteiger partial charge in [-0.05, 0) is 70.9 Å². The van der Waals surface area contributed by atoms with E-state index in [1.54, 1.807) is 37.6 Å². The van der Waals surface area contributed by atoms with E-state index in [9.17, 15) is 4.79 Å². The molecule has 0 aliphatic heterocycles. The number of methoxy groups -OCH3 is 1. The Morgan fingerprint density at radius 1 is 1.03 bits per heavy atom. The monoisotopic (exact) mass is 560 g/mol. The van der Waals surface area contributed by atoms with Gasteiger partial charge in [-0.3, -0.25) is 4.79 Å². The van der Waals surface area contributed by atoms with Crippen LogP contribution in [0.1, 0.15) is 28.4 Å². The number of benzene rings is 3. The molecule has 166 valence electrons. The predicted molar refractivity (Wildman–Crippen MR) is 132 cm³/mol. The van der Waals surface area contributed by atoms with Gasteiger partial charge >= 0.3 is 0 Å². The molecule has 1 amide bonds. The van der Waals surface area contributed by atoms with Crippen molar-refractivity contribution < 1.29 is 19.0 Å². The average Bonchev–Trinajstić information content (AvgIpc) is 2.81. The van der Waals surface area contributed by atoms with Crippen molar-refractivity contribution in [3.05, 3.63) is 86.3 Å². The zero-order valence-electron chi connectivity index (χ0n) is 17.6. The summed E-state index contributed by atoms with van der Waals surface area (Å²) in [6.07, 6.45) is 1.54. The molecule has 3 aromatic carbocycles. The molecule has 6 nitrogen and oxygen atoms in total. The highest BCUT2D eigenvalue weighted by Gasteiger charge is 2.11. The minimum Gasteiger partial charge on any atom is -0.497 e. The first kappa shape index (κ1) is 23.8. The van der Waals surface area contributed by atoms with Crippen molar-refractivity contribution in [3.8, 4) is 17.2 Å². The number of nitrogens with one attached hydrogen (secondary N) is 1. The van der Waals surface area contributed by atoms with Gasteiger partial charge in [-0.15, -0.1) is 0 Å². The van der Waals surface area contributed by atoms with E-state index in [4.69, 9.17) is 14.2 Å². The van der Waals surface area contributed by atoms with Crippen LogP contribution >= 0.6 is 31.9 Å². The lowest BCUT2D eigenvalue weighted by Gasteiger charge is -2.14. The average molecular weight is 562 g/mol. The maximum atomic E-state index is 12.3. The molecule has 0 aliphatic carbocycles. The standard InChI is InChI=1S/C24H22Br2N2O4/c1-3-31-22-12-18(14-27-28-24(29)17-5-4-6-20(11-17)30-2)21(26)13-23(22)32-15-16-7-9-19(25)10-8-16/h4-14H,3,15H2,1-2H3,(H,28,29)/b27-14-. The molecule has 0 aliphatic rings. The van der Waals surface area contributed by atoms with Crippen LogP contribution in [-0.2, 0) is 6.61 Å². The number of hydrogen-bond donors (Lipinski definition) is 1. The number of carbonyl (C=O) groups excluding carboxylic acids is 1. The summed E-state index contributed by atoms with van der Waals surface area (Å²) in [4.78, 5) is 12.3. The molecule has 0 saturated heterocycles. The normalized spacial score (nSPS) is 10.8. The number of halogens is 2. The van der Waals surface area contributed by atoms with E-state index in [-0.39, 0.29) is 5.91 Å². The lowest BCUT2D eigenvalue weighted by molar-refractivity contribution is 0.0955. The molecule has 32 heavy (non-hydrogen) atoms. The number of hydrazone groups is 1.